The van der Waals surface area contributed by atoms with E-state index in [2.05, 4.69) is 25.3 Å². The third-order valence-electron chi connectivity index (χ3n) is 4.30. The highest BCUT2D eigenvalue weighted by Gasteiger charge is 2.29. The van der Waals surface area contributed by atoms with Crippen molar-refractivity contribution >= 4 is 22.5 Å². The lowest BCUT2D eigenvalue weighted by molar-refractivity contribution is -0.137. The molecule has 2 aromatic carbocycles. The van der Waals surface area contributed by atoms with Crippen molar-refractivity contribution in [1.29, 1.82) is 0 Å². The van der Waals surface area contributed by atoms with Gasteiger partial charge in [-0.3, -0.25) is 9.97 Å². The van der Waals surface area contributed by atoms with Crippen molar-refractivity contribution in [3.05, 3.63) is 72.3 Å². The van der Waals surface area contributed by atoms with Gasteiger partial charge in [-0.1, -0.05) is 6.07 Å². The van der Waals surface area contributed by atoms with E-state index in [1.807, 2.05) is 25.1 Å². The average molecular weight is 381 g/mol. The number of rotatable bonds is 3. The molecular formula is C20H14F3N5. The number of halogens is 3. The van der Waals surface area contributed by atoms with Crippen LogP contribution in [-0.2, 0) is 6.18 Å². The number of benzene rings is 2. The second-order valence-corrected chi connectivity index (χ2v) is 6.16. The Labute approximate surface area is 158 Å². The van der Waals surface area contributed by atoms with E-state index in [1.165, 1.54) is 18.5 Å². The molecule has 0 radical (unpaired) electrons. The highest BCUT2D eigenvalue weighted by Crippen LogP contribution is 2.31. The molecule has 0 spiro atoms. The predicted octanol–water partition coefficient (Wildman–Crippen LogP) is 5.16. The summed E-state index contributed by atoms with van der Waals surface area (Å²) in [4.78, 5) is 17.1. The summed E-state index contributed by atoms with van der Waals surface area (Å²) in [5.74, 6) is 0.518. The Morgan fingerprint density at radius 1 is 0.821 bits per heavy atom. The van der Waals surface area contributed by atoms with Gasteiger partial charge in [0.15, 0.2) is 0 Å². The standard InChI is InChI=1S/C20H14F3N5/c1-12-18(13-2-7-16-17(10-13)25-9-8-24-16)26-11-27-19(12)28-15-5-3-14(4-6-15)20(21,22)23/h2-11H,1H3,(H,26,27,28). The molecule has 28 heavy (non-hydrogen) atoms. The molecule has 0 aliphatic heterocycles. The molecule has 0 atom stereocenters. The molecule has 4 rings (SSSR count). The average Bonchev–Trinajstić information content (AvgIpc) is 2.69. The number of anilines is 2. The van der Waals surface area contributed by atoms with Gasteiger partial charge >= 0.3 is 6.18 Å². The smallest absolute Gasteiger partial charge is 0.340 e. The second kappa shape index (κ2) is 6.88. The molecule has 0 bridgehead atoms. The number of alkyl halides is 3. The van der Waals surface area contributed by atoms with E-state index in [9.17, 15) is 13.2 Å². The van der Waals surface area contributed by atoms with Crippen molar-refractivity contribution in [2.75, 3.05) is 5.32 Å². The second-order valence-electron chi connectivity index (χ2n) is 6.16. The van der Waals surface area contributed by atoms with Gasteiger partial charge in [-0.25, -0.2) is 9.97 Å². The highest BCUT2D eigenvalue weighted by atomic mass is 19.4. The molecule has 0 saturated carbocycles. The van der Waals surface area contributed by atoms with E-state index in [1.54, 1.807) is 12.4 Å². The third-order valence-corrected chi connectivity index (χ3v) is 4.30. The summed E-state index contributed by atoms with van der Waals surface area (Å²) in [6, 6.07) is 10.4. The number of hydrogen-bond donors (Lipinski definition) is 1. The summed E-state index contributed by atoms with van der Waals surface area (Å²) >= 11 is 0. The molecule has 2 heterocycles. The summed E-state index contributed by atoms with van der Waals surface area (Å²) in [7, 11) is 0. The molecular weight excluding hydrogens is 367 g/mol. The minimum atomic E-state index is -4.37. The zero-order valence-corrected chi connectivity index (χ0v) is 14.7. The van der Waals surface area contributed by atoms with Crippen LogP contribution in [0.1, 0.15) is 11.1 Å². The molecule has 0 fully saturated rings. The van der Waals surface area contributed by atoms with Crippen LogP contribution in [0.2, 0.25) is 0 Å². The Balaban J connectivity index is 1.66. The molecule has 0 amide bonds. The SMILES string of the molecule is Cc1c(Nc2ccc(C(F)(F)F)cc2)ncnc1-c1ccc2nccnc2c1. The largest absolute Gasteiger partial charge is 0.416 e. The van der Waals surface area contributed by atoms with Crippen LogP contribution in [0.4, 0.5) is 24.7 Å². The molecule has 1 N–H and O–H groups in total. The fourth-order valence-electron chi connectivity index (χ4n) is 2.86. The monoisotopic (exact) mass is 381 g/mol. The first-order valence-corrected chi connectivity index (χ1v) is 8.39. The van der Waals surface area contributed by atoms with Crippen molar-refractivity contribution in [2.24, 2.45) is 0 Å². The maximum atomic E-state index is 12.7. The van der Waals surface area contributed by atoms with E-state index in [0.717, 1.165) is 34.3 Å². The summed E-state index contributed by atoms with van der Waals surface area (Å²) in [6.45, 7) is 1.85. The first kappa shape index (κ1) is 17.8. The van der Waals surface area contributed by atoms with Gasteiger partial charge in [-0.15, -0.1) is 0 Å². The van der Waals surface area contributed by atoms with Gasteiger partial charge in [0.2, 0.25) is 0 Å². The van der Waals surface area contributed by atoms with Crippen LogP contribution in [-0.4, -0.2) is 19.9 Å². The molecule has 140 valence electrons. The summed E-state index contributed by atoms with van der Waals surface area (Å²) < 4.78 is 38.1. The maximum Gasteiger partial charge on any atom is 0.416 e. The van der Waals surface area contributed by atoms with Crippen LogP contribution in [0.3, 0.4) is 0 Å². The van der Waals surface area contributed by atoms with E-state index >= 15 is 0 Å². The Hall–Kier alpha value is -3.55. The van der Waals surface area contributed by atoms with Gasteiger partial charge in [0.05, 0.1) is 22.3 Å². The lowest BCUT2D eigenvalue weighted by Gasteiger charge is -2.13. The minimum Gasteiger partial charge on any atom is -0.340 e. The van der Waals surface area contributed by atoms with Crippen molar-refractivity contribution < 1.29 is 13.2 Å². The topological polar surface area (TPSA) is 63.6 Å². The molecule has 0 unspecified atom stereocenters. The molecule has 8 heteroatoms. The van der Waals surface area contributed by atoms with Gasteiger partial charge < -0.3 is 5.32 Å². The first-order chi connectivity index (χ1) is 13.4. The molecule has 0 aliphatic rings. The third kappa shape index (κ3) is 3.48. The zero-order valence-electron chi connectivity index (χ0n) is 14.7. The fourth-order valence-corrected chi connectivity index (χ4v) is 2.86. The van der Waals surface area contributed by atoms with Gasteiger partial charge in [0, 0.05) is 29.2 Å². The number of hydrogen-bond acceptors (Lipinski definition) is 5. The van der Waals surface area contributed by atoms with Crippen molar-refractivity contribution in [1.82, 2.24) is 19.9 Å². The Morgan fingerprint density at radius 2 is 1.54 bits per heavy atom. The van der Waals surface area contributed by atoms with Crippen LogP contribution in [0, 0.1) is 6.92 Å². The number of nitrogens with zero attached hydrogens (tertiary/aromatic N) is 4. The Morgan fingerprint density at radius 3 is 2.25 bits per heavy atom. The first-order valence-electron chi connectivity index (χ1n) is 8.39. The fraction of sp³-hybridized carbons (Fsp3) is 0.100. The Bertz CT molecular complexity index is 1140. The van der Waals surface area contributed by atoms with Gasteiger partial charge in [-0.2, -0.15) is 13.2 Å². The van der Waals surface area contributed by atoms with Gasteiger partial charge in [-0.05, 0) is 43.3 Å². The molecule has 2 aromatic heterocycles. The van der Waals surface area contributed by atoms with E-state index in [0.29, 0.717) is 17.2 Å². The van der Waals surface area contributed by atoms with E-state index in [4.69, 9.17) is 0 Å². The van der Waals surface area contributed by atoms with Crippen molar-refractivity contribution in [2.45, 2.75) is 13.1 Å². The molecule has 4 aromatic rings. The van der Waals surface area contributed by atoms with Crippen LogP contribution in [0.15, 0.2) is 61.2 Å². The zero-order chi connectivity index (χ0) is 19.7. The van der Waals surface area contributed by atoms with Crippen molar-refractivity contribution in [3.8, 4) is 11.3 Å². The predicted molar refractivity (Wildman–Crippen MR) is 100 cm³/mol. The van der Waals surface area contributed by atoms with Crippen LogP contribution < -0.4 is 5.32 Å². The number of fused-ring (bicyclic) bond motifs is 1. The quantitative estimate of drug-likeness (QED) is 0.531. The summed E-state index contributed by atoms with van der Waals surface area (Å²) in [6.07, 6.45) is 0.297. The van der Waals surface area contributed by atoms with E-state index < -0.39 is 11.7 Å². The van der Waals surface area contributed by atoms with E-state index in [-0.39, 0.29) is 0 Å². The molecule has 0 saturated heterocycles. The summed E-state index contributed by atoms with van der Waals surface area (Å²) in [5.41, 5.74) is 3.66. The highest BCUT2D eigenvalue weighted by molar-refractivity contribution is 5.82. The summed E-state index contributed by atoms with van der Waals surface area (Å²) in [5, 5.41) is 3.05. The van der Waals surface area contributed by atoms with Gasteiger partial charge in [0.25, 0.3) is 0 Å². The van der Waals surface area contributed by atoms with Gasteiger partial charge in [0.1, 0.15) is 12.1 Å². The van der Waals surface area contributed by atoms with Crippen LogP contribution in [0.5, 0.6) is 0 Å². The molecule has 5 nitrogen and oxygen atoms in total. The van der Waals surface area contributed by atoms with Crippen LogP contribution in [0.25, 0.3) is 22.3 Å². The lowest BCUT2D eigenvalue weighted by atomic mass is 10.1. The van der Waals surface area contributed by atoms with Crippen molar-refractivity contribution in [3.63, 3.8) is 0 Å². The normalized spacial score (nSPS) is 11.6. The van der Waals surface area contributed by atoms with Crippen LogP contribution >= 0.6 is 0 Å². The molecule has 0 aliphatic carbocycles. The lowest BCUT2D eigenvalue weighted by Crippen LogP contribution is -2.05. The Kier molecular flexibility index (Phi) is 4.38. The maximum absolute atomic E-state index is 12.7. The number of aromatic nitrogens is 4. The minimum absolute atomic E-state index is 0.505. The number of nitrogens with one attached hydrogen (secondary N) is 1.